The van der Waals surface area contributed by atoms with Gasteiger partial charge in [-0.1, -0.05) is 34.8 Å². The quantitative estimate of drug-likeness (QED) is 0.843. The third-order valence-corrected chi connectivity index (χ3v) is 3.48. The van der Waals surface area contributed by atoms with Gasteiger partial charge in [0.15, 0.2) is 0 Å². The van der Waals surface area contributed by atoms with Crippen LogP contribution in [-0.4, -0.2) is 13.0 Å². The number of hydrogen-bond donors (Lipinski definition) is 1. The largest absolute Gasteiger partial charge is 0.497 e. The van der Waals surface area contributed by atoms with Gasteiger partial charge in [0.05, 0.1) is 28.4 Å². The van der Waals surface area contributed by atoms with E-state index >= 15 is 0 Å². The molecule has 0 unspecified atom stereocenters. The topological polar surface area (TPSA) is 38.3 Å². The standard InChI is InChI=1S/C14H9Cl3FNO2/c1-21-8-2-3-9(12(18)6-8)14(20)19-13-10(16)4-7(15)5-11(13)17/h2-6H,1H3,(H,19,20). The van der Waals surface area contributed by atoms with Gasteiger partial charge in [-0.2, -0.15) is 0 Å². The molecule has 2 aromatic rings. The molecule has 0 saturated heterocycles. The number of carbonyl (C=O) groups is 1. The Morgan fingerprint density at radius 2 is 1.76 bits per heavy atom. The van der Waals surface area contributed by atoms with Crippen molar-refractivity contribution in [3.05, 3.63) is 56.8 Å². The summed E-state index contributed by atoms with van der Waals surface area (Å²) >= 11 is 17.7. The molecule has 21 heavy (non-hydrogen) atoms. The highest BCUT2D eigenvalue weighted by Crippen LogP contribution is 2.34. The second-order valence-corrected chi connectivity index (χ2v) is 5.30. The van der Waals surface area contributed by atoms with E-state index in [2.05, 4.69) is 5.32 Å². The number of benzene rings is 2. The Balaban J connectivity index is 2.30. The van der Waals surface area contributed by atoms with Crippen LogP contribution in [0.5, 0.6) is 5.75 Å². The molecule has 0 bridgehead atoms. The van der Waals surface area contributed by atoms with E-state index in [1.54, 1.807) is 0 Å². The van der Waals surface area contributed by atoms with Crippen molar-refractivity contribution in [2.45, 2.75) is 0 Å². The van der Waals surface area contributed by atoms with Gasteiger partial charge in [0, 0.05) is 11.1 Å². The van der Waals surface area contributed by atoms with Crippen molar-refractivity contribution in [3.8, 4) is 5.75 Å². The van der Waals surface area contributed by atoms with Crippen molar-refractivity contribution in [1.29, 1.82) is 0 Å². The Hall–Kier alpha value is -1.49. The molecule has 2 aromatic carbocycles. The van der Waals surface area contributed by atoms with E-state index < -0.39 is 11.7 Å². The molecule has 0 atom stereocenters. The van der Waals surface area contributed by atoms with Crippen LogP contribution in [-0.2, 0) is 0 Å². The number of anilines is 1. The average molecular weight is 349 g/mol. The van der Waals surface area contributed by atoms with Crippen LogP contribution in [0, 0.1) is 5.82 Å². The summed E-state index contributed by atoms with van der Waals surface area (Å²) in [7, 11) is 1.40. The van der Waals surface area contributed by atoms with Gasteiger partial charge in [-0.05, 0) is 24.3 Å². The fraction of sp³-hybridized carbons (Fsp3) is 0.0714. The SMILES string of the molecule is COc1ccc(C(=O)Nc2c(Cl)cc(Cl)cc2Cl)c(F)c1. The van der Waals surface area contributed by atoms with Crippen molar-refractivity contribution in [1.82, 2.24) is 0 Å². The van der Waals surface area contributed by atoms with E-state index in [0.717, 1.165) is 6.07 Å². The van der Waals surface area contributed by atoms with Gasteiger partial charge in [-0.15, -0.1) is 0 Å². The Bertz CT molecular complexity index is 684. The van der Waals surface area contributed by atoms with Gasteiger partial charge < -0.3 is 10.1 Å². The monoisotopic (exact) mass is 347 g/mol. The average Bonchev–Trinajstić information content (AvgIpc) is 2.42. The van der Waals surface area contributed by atoms with Crippen molar-refractivity contribution >= 4 is 46.4 Å². The van der Waals surface area contributed by atoms with Crippen molar-refractivity contribution in [3.63, 3.8) is 0 Å². The van der Waals surface area contributed by atoms with E-state index in [9.17, 15) is 9.18 Å². The molecular weight excluding hydrogens is 340 g/mol. The highest BCUT2D eigenvalue weighted by atomic mass is 35.5. The summed E-state index contributed by atoms with van der Waals surface area (Å²) in [4.78, 5) is 12.1. The number of rotatable bonds is 3. The summed E-state index contributed by atoms with van der Waals surface area (Å²) in [6.07, 6.45) is 0. The lowest BCUT2D eigenvalue weighted by atomic mass is 10.2. The van der Waals surface area contributed by atoms with Gasteiger partial charge in [0.1, 0.15) is 11.6 Å². The fourth-order valence-corrected chi connectivity index (χ4v) is 2.56. The highest BCUT2D eigenvalue weighted by Gasteiger charge is 2.16. The van der Waals surface area contributed by atoms with E-state index in [4.69, 9.17) is 39.5 Å². The molecule has 0 aromatic heterocycles. The van der Waals surface area contributed by atoms with Crippen molar-refractivity contribution < 1.29 is 13.9 Å². The molecule has 1 N–H and O–H groups in total. The minimum Gasteiger partial charge on any atom is -0.497 e. The van der Waals surface area contributed by atoms with Crippen LogP contribution in [0.4, 0.5) is 10.1 Å². The number of halogens is 4. The maximum Gasteiger partial charge on any atom is 0.258 e. The third kappa shape index (κ3) is 3.59. The summed E-state index contributed by atoms with van der Waals surface area (Å²) in [6, 6.07) is 6.74. The molecule has 0 saturated carbocycles. The number of carbonyl (C=O) groups excluding carboxylic acids is 1. The van der Waals surface area contributed by atoms with Crippen LogP contribution in [0.15, 0.2) is 30.3 Å². The van der Waals surface area contributed by atoms with Crippen molar-refractivity contribution in [2.24, 2.45) is 0 Å². The molecular formula is C14H9Cl3FNO2. The second-order valence-electron chi connectivity index (χ2n) is 4.04. The highest BCUT2D eigenvalue weighted by molar-refractivity contribution is 6.42. The van der Waals surface area contributed by atoms with Crippen LogP contribution in [0.2, 0.25) is 15.1 Å². The number of ether oxygens (including phenoxy) is 1. The molecule has 0 aliphatic heterocycles. The molecule has 0 heterocycles. The number of hydrogen-bond acceptors (Lipinski definition) is 2. The van der Waals surface area contributed by atoms with Crippen LogP contribution in [0.1, 0.15) is 10.4 Å². The molecule has 3 nitrogen and oxygen atoms in total. The Morgan fingerprint density at radius 1 is 1.14 bits per heavy atom. The Labute approximate surface area is 135 Å². The minimum atomic E-state index is -0.715. The van der Waals surface area contributed by atoms with E-state index in [0.29, 0.717) is 10.8 Å². The summed E-state index contributed by atoms with van der Waals surface area (Å²) in [5, 5.41) is 3.11. The summed E-state index contributed by atoms with van der Waals surface area (Å²) in [5.41, 5.74) is 0.0147. The maximum atomic E-state index is 13.8. The third-order valence-electron chi connectivity index (χ3n) is 2.67. The predicted octanol–water partition coefficient (Wildman–Crippen LogP) is 5.05. The molecule has 2 rings (SSSR count). The van der Waals surface area contributed by atoms with E-state index in [1.165, 1.54) is 31.4 Å². The molecule has 0 aliphatic carbocycles. The van der Waals surface area contributed by atoms with Gasteiger partial charge in [0.2, 0.25) is 0 Å². The predicted molar refractivity (Wildman–Crippen MR) is 82.4 cm³/mol. The summed E-state index contributed by atoms with van der Waals surface area (Å²) in [6.45, 7) is 0. The Morgan fingerprint density at radius 3 is 2.29 bits per heavy atom. The van der Waals surface area contributed by atoms with Crippen LogP contribution in [0.25, 0.3) is 0 Å². The zero-order valence-electron chi connectivity index (χ0n) is 10.7. The van der Waals surface area contributed by atoms with Crippen LogP contribution in [0.3, 0.4) is 0 Å². The fourth-order valence-electron chi connectivity index (χ4n) is 1.65. The smallest absolute Gasteiger partial charge is 0.258 e. The molecule has 0 radical (unpaired) electrons. The lowest BCUT2D eigenvalue weighted by molar-refractivity contribution is 0.102. The first-order chi connectivity index (χ1) is 9.92. The number of amides is 1. The molecule has 0 aliphatic rings. The Kier molecular flexibility index (Phi) is 4.93. The second kappa shape index (κ2) is 6.52. The summed E-state index contributed by atoms with van der Waals surface area (Å²) < 4.78 is 18.7. The first-order valence-electron chi connectivity index (χ1n) is 5.72. The molecule has 110 valence electrons. The van der Waals surface area contributed by atoms with Gasteiger partial charge in [0.25, 0.3) is 5.91 Å². The summed E-state index contributed by atoms with van der Waals surface area (Å²) in [5.74, 6) is -1.08. The van der Waals surface area contributed by atoms with E-state index in [1.807, 2.05) is 0 Å². The normalized spacial score (nSPS) is 10.3. The maximum absolute atomic E-state index is 13.8. The van der Waals surface area contributed by atoms with Gasteiger partial charge >= 0.3 is 0 Å². The lowest BCUT2D eigenvalue weighted by Gasteiger charge is -2.11. The zero-order valence-corrected chi connectivity index (χ0v) is 13.0. The zero-order chi connectivity index (χ0) is 15.6. The van der Waals surface area contributed by atoms with Crippen LogP contribution >= 0.6 is 34.8 Å². The van der Waals surface area contributed by atoms with E-state index in [-0.39, 0.29) is 21.3 Å². The first-order valence-corrected chi connectivity index (χ1v) is 6.85. The molecule has 0 fully saturated rings. The first kappa shape index (κ1) is 15.9. The van der Waals surface area contributed by atoms with Crippen LogP contribution < -0.4 is 10.1 Å². The van der Waals surface area contributed by atoms with Gasteiger partial charge in [-0.25, -0.2) is 4.39 Å². The number of methoxy groups -OCH3 is 1. The molecule has 7 heteroatoms. The lowest BCUT2D eigenvalue weighted by Crippen LogP contribution is -2.14. The molecule has 1 amide bonds. The van der Waals surface area contributed by atoms with Crippen molar-refractivity contribution in [2.75, 3.05) is 12.4 Å². The molecule has 0 spiro atoms. The minimum absolute atomic E-state index is 0.155. The number of nitrogens with one attached hydrogen (secondary N) is 1. The van der Waals surface area contributed by atoms with Gasteiger partial charge in [-0.3, -0.25) is 4.79 Å².